The zero-order chi connectivity index (χ0) is 12.4. The Morgan fingerprint density at radius 1 is 1.53 bits per heavy atom. The Bertz CT molecular complexity index is 613. The molecule has 0 atom stereocenters. The van der Waals surface area contributed by atoms with Gasteiger partial charge < -0.3 is 5.32 Å². The summed E-state index contributed by atoms with van der Waals surface area (Å²) in [5.41, 5.74) is 0.965. The molecule has 2 aromatic heterocycles. The second-order valence-electron chi connectivity index (χ2n) is 3.54. The van der Waals surface area contributed by atoms with Gasteiger partial charge in [0.05, 0.1) is 0 Å². The number of carbonyl (C=O) groups is 1. The van der Waals surface area contributed by atoms with Gasteiger partial charge in [-0.2, -0.15) is 0 Å². The number of aryl methyl sites for hydroxylation is 2. The maximum absolute atomic E-state index is 11.7. The molecule has 0 saturated carbocycles. The summed E-state index contributed by atoms with van der Waals surface area (Å²) in [6.07, 6.45) is 1.59. The van der Waals surface area contributed by atoms with Crippen LogP contribution in [-0.2, 0) is 7.05 Å². The summed E-state index contributed by atoms with van der Waals surface area (Å²) in [4.78, 5) is 29.2. The number of carbonyl (C=O) groups excluding carboxylic acids is 1. The van der Waals surface area contributed by atoms with Crippen LogP contribution in [0.15, 0.2) is 23.1 Å². The van der Waals surface area contributed by atoms with Crippen molar-refractivity contribution in [3.8, 4) is 0 Å². The maximum Gasteiger partial charge on any atom is 0.343 e. The Balaban J connectivity index is 2.20. The van der Waals surface area contributed by atoms with Crippen LogP contribution in [0.5, 0.6) is 0 Å². The molecular formula is C10H11N5O2. The Labute approximate surface area is 96.5 Å². The van der Waals surface area contributed by atoms with Gasteiger partial charge in [-0.05, 0) is 19.1 Å². The highest BCUT2D eigenvalue weighted by atomic mass is 16.2. The molecule has 0 aliphatic rings. The third kappa shape index (κ3) is 2.39. The number of aromatic amines is 1. The molecule has 0 aliphatic heterocycles. The van der Waals surface area contributed by atoms with Crippen molar-refractivity contribution in [3.63, 3.8) is 0 Å². The standard InChI is InChI=1S/C10H11N5O2/c1-6-5-7(3-4-11-6)12-9(16)8-13-10(17)15(2)14-8/h3-5H,1-2H3,(H,11,12,16)(H,13,14,17). The average Bonchev–Trinajstić information content (AvgIpc) is 2.59. The molecule has 2 rings (SSSR count). The normalized spacial score (nSPS) is 10.2. The Morgan fingerprint density at radius 3 is 2.88 bits per heavy atom. The van der Waals surface area contributed by atoms with Crippen molar-refractivity contribution in [2.45, 2.75) is 6.92 Å². The number of amides is 1. The van der Waals surface area contributed by atoms with Crippen molar-refractivity contribution < 1.29 is 4.79 Å². The average molecular weight is 233 g/mol. The van der Waals surface area contributed by atoms with Crippen molar-refractivity contribution in [2.24, 2.45) is 7.05 Å². The van der Waals surface area contributed by atoms with Crippen molar-refractivity contribution in [1.82, 2.24) is 19.7 Å². The van der Waals surface area contributed by atoms with Crippen LogP contribution in [0.3, 0.4) is 0 Å². The predicted molar refractivity (Wildman–Crippen MR) is 60.8 cm³/mol. The lowest BCUT2D eigenvalue weighted by molar-refractivity contribution is 0.101. The molecule has 0 saturated heterocycles. The smallest absolute Gasteiger partial charge is 0.319 e. The molecule has 2 N–H and O–H groups in total. The number of aromatic nitrogens is 4. The van der Waals surface area contributed by atoms with Crippen LogP contribution in [0, 0.1) is 6.92 Å². The Morgan fingerprint density at radius 2 is 2.29 bits per heavy atom. The minimum absolute atomic E-state index is 0.0213. The van der Waals surface area contributed by atoms with Gasteiger partial charge in [0.2, 0.25) is 5.82 Å². The molecule has 0 bridgehead atoms. The van der Waals surface area contributed by atoms with E-state index in [1.807, 2.05) is 6.92 Å². The van der Waals surface area contributed by atoms with E-state index in [9.17, 15) is 9.59 Å². The first-order valence-corrected chi connectivity index (χ1v) is 4.93. The number of pyridine rings is 1. The van der Waals surface area contributed by atoms with Gasteiger partial charge in [-0.1, -0.05) is 0 Å². The molecule has 7 heteroatoms. The van der Waals surface area contributed by atoms with E-state index < -0.39 is 11.6 Å². The molecule has 17 heavy (non-hydrogen) atoms. The molecular weight excluding hydrogens is 222 g/mol. The Kier molecular flexibility index (Phi) is 2.73. The topological polar surface area (TPSA) is 92.7 Å². The van der Waals surface area contributed by atoms with Gasteiger partial charge >= 0.3 is 5.69 Å². The molecule has 1 amide bonds. The lowest BCUT2D eigenvalue weighted by Gasteiger charge is -2.02. The fourth-order valence-corrected chi connectivity index (χ4v) is 1.32. The molecule has 2 aromatic rings. The van der Waals surface area contributed by atoms with Gasteiger partial charge in [0, 0.05) is 24.6 Å². The summed E-state index contributed by atoms with van der Waals surface area (Å²) in [7, 11) is 1.46. The summed E-state index contributed by atoms with van der Waals surface area (Å²) in [6, 6.07) is 3.38. The summed E-state index contributed by atoms with van der Waals surface area (Å²) in [5.74, 6) is -0.486. The van der Waals surface area contributed by atoms with Gasteiger partial charge in [0.15, 0.2) is 0 Å². The van der Waals surface area contributed by atoms with E-state index in [0.29, 0.717) is 5.69 Å². The first-order chi connectivity index (χ1) is 8.06. The number of rotatable bonds is 2. The lowest BCUT2D eigenvalue weighted by atomic mass is 10.3. The Hall–Kier alpha value is -2.44. The molecule has 88 valence electrons. The maximum atomic E-state index is 11.7. The zero-order valence-corrected chi connectivity index (χ0v) is 9.39. The van der Waals surface area contributed by atoms with Gasteiger partial charge in [0.1, 0.15) is 0 Å². The quantitative estimate of drug-likeness (QED) is 0.767. The fourth-order valence-electron chi connectivity index (χ4n) is 1.32. The molecule has 2 heterocycles. The molecule has 0 spiro atoms. The lowest BCUT2D eigenvalue weighted by Crippen LogP contribution is -2.15. The van der Waals surface area contributed by atoms with Crippen LogP contribution in [-0.4, -0.2) is 25.7 Å². The van der Waals surface area contributed by atoms with E-state index in [-0.39, 0.29) is 5.82 Å². The number of hydrogen-bond donors (Lipinski definition) is 2. The summed E-state index contributed by atoms with van der Waals surface area (Å²) in [5, 5.41) is 6.36. The van der Waals surface area contributed by atoms with Crippen LogP contribution in [0.25, 0.3) is 0 Å². The van der Waals surface area contributed by atoms with Crippen molar-refractivity contribution in [3.05, 3.63) is 40.3 Å². The second-order valence-corrected chi connectivity index (χ2v) is 3.54. The van der Waals surface area contributed by atoms with Gasteiger partial charge in [-0.15, -0.1) is 5.10 Å². The molecule has 0 fully saturated rings. The van der Waals surface area contributed by atoms with Gasteiger partial charge in [-0.3, -0.25) is 14.8 Å². The molecule has 0 unspecified atom stereocenters. The molecule has 0 aromatic carbocycles. The number of H-pyrrole nitrogens is 1. The minimum atomic E-state index is -0.465. The molecule has 0 aliphatic carbocycles. The number of hydrogen-bond acceptors (Lipinski definition) is 4. The summed E-state index contributed by atoms with van der Waals surface area (Å²) >= 11 is 0. The summed E-state index contributed by atoms with van der Waals surface area (Å²) < 4.78 is 1.06. The van der Waals surface area contributed by atoms with Crippen molar-refractivity contribution in [2.75, 3.05) is 5.32 Å². The van der Waals surface area contributed by atoms with Gasteiger partial charge in [-0.25, -0.2) is 9.48 Å². The first-order valence-electron chi connectivity index (χ1n) is 4.93. The molecule has 0 radical (unpaired) electrons. The van der Waals surface area contributed by atoms with E-state index in [1.165, 1.54) is 7.05 Å². The highest BCUT2D eigenvalue weighted by molar-refractivity contribution is 6.01. The van der Waals surface area contributed by atoms with E-state index in [0.717, 1.165) is 10.4 Å². The van der Waals surface area contributed by atoms with E-state index >= 15 is 0 Å². The number of anilines is 1. The fraction of sp³-hybridized carbons (Fsp3) is 0.200. The third-order valence-corrected chi connectivity index (χ3v) is 2.14. The van der Waals surface area contributed by atoms with Crippen molar-refractivity contribution in [1.29, 1.82) is 0 Å². The highest BCUT2D eigenvalue weighted by Crippen LogP contribution is 2.07. The SMILES string of the molecule is Cc1cc(NC(=O)c2nn(C)c(=O)[nH]2)ccn1. The van der Waals surface area contributed by atoms with Crippen LogP contribution in [0.1, 0.15) is 16.3 Å². The molecule has 7 nitrogen and oxygen atoms in total. The zero-order valence-electron chi connectivity index (χ0n) is 9.39. The summed E-state index contributed by atoms with van der Waals surface area (Å²) in [6.45, 7) is 1.82. The number of nitrogens with zero attached hydrogens (tertiary/aromatic N) is 3. The van der Waals surface area contributed by atoms with Crippen LogP contribution in [0.2, 0.25) is 0 Å². The minimum Gasteiger partial charge on any atom is -0.319 e. The van der Waals surface area contributed by atoms with Crippen LogP contribution in [0.4, 0.5) is 5.69 Å². The van der Waals surface area contributed by atoms with E-state index in [4.69, 9.17) is 0 Å². The number of nitrogens with one attached hydrogen (secondary N) is 2. The first kappa shape index (κ1) is 11.1. The van der Waals surface area contributed by atoms with Crippen LogP contribution >= 0.6 is 0 Å². The van der Waals surface area contributed by atoms with Crippen LogP contribution < -0.4 is 11.0 Å². The second kappa shape index (κ2) is 4.20. The largest absolute Gasteiger partial charge is 0.343 e. The van der Waals surface area contributed by atoms with E-state index in [2.05, 4.69) is 20.4 Å². The van der Waals surface area contributed by atoms with Crippen molar-refractivity contribution >= 4 is 11.6 Å². The monoisotopic (exact) mass is 233 g/mol. The third-order valence-electron chi connectivity index (χ3n) is 2.14. The van der Waals surface area contributed by atoms with E-state index in [1.54, 1.807) is 18.3 Å². The van der Waals surface area contributed by atoms with Gasteiger partial charge in [0.25, 0.3) is 5.91 Å². The highest BCUT2D eigenvalue weighted by Gasteiger charge is 2.11. The predicted octanol–water partition coefficient (Wildman–Crippen LogP) is 0.0641.